The number of benzene rings is 6. The van der Waals surface area contributed by atoms with Gasteiger partial charge in [-0.25, -0.2) is 0 Å². The zero-order valence-corrected chi connectivity index (χ0v) is 32.9. The number of hydrogen-bond donors (Lipinski definition) is 1. The molecule has 3 amide bonds. The number of carbonyl (C=O) groups excluding carboxylic acids is 4. The third kappa shape index (κ3) is 12.1. The Bertz CT molecular complexity index is 2610. The Morgan fingerprint density at radius 2 is 0.921 bits per heavy atom. The van der Waals surface area contributed by atoms with Crippen LogP contribution in [-0.4, -0.2) is 46.4 Å². The van der Waals surface area contributed by atoms with E-state index in [1.54, 1.807) is 100 Å². The zero-order chi connectivity index (χ0) is 45.0. The van der Waals surface area contributed by atoms with E-state index in [1.807, 2.05) is 72.8 Å². The predicted molar refractivity (Wildman–Crippen MR) is 221 cm³/mol. The van der Waals surface area contributed by atoms with Gasteiger partial charge in [0.1, 0.15) is 0 Å². The van der Waals surface area contributed by atoms with Gasteiger partial charge in [0.15, 0.2) is 5.78 Å². The van der Waals surface area contributed by atoms with Crippen molar-refractivity contribution in [3.8, 4) is 11.5 Å². The van der Waals surface area contributed by atoms with Crippen LogP contribution in [0.4, 0.5) is 37.7 Å². The molecule has 0 aliphatic heterocycles. The second-order valence-electron chi connectivity index (χ2n) is 13.6. The fourth-order valence-corrected chi connectivity index (χ4v) is 5.98. The van der Waals surface area contributed by atoms with Gasteiger partial charge in [0.05, 0.1) is 19.6 Å². The van der Waals surface area contributed by atoms with Crippen molar-refractivity contribution in [1.82, 2.24) is 15.5 Å². The summed E-state index contributed by atoms with van der Waals surface area (Å²) in [7, 11) is 0. The number of para-hydroxylation sites is 2. The van der Waals surface area contributed by atoms with E-state index >= 15 is 0 Å². The highest BCUT2D eigenvalue weighted by molar-refractivity contribution is 6.07. The first-order valence-electron chi connectivity index (χ1n) is 19.0. The number of amides is 3. The van der Waals surface area contributed by atoms with E-state index < -0.39 is 36.5 Å². The second-order valence-corrected chi connectivity index (χ2v) is 13.6. The molecule has 1 aromatic heterocycles. The molecule has 0 unspecified atom stereocenters. The van der Waals surface area contributed by atoms with E-state index in [0.29, 0.717) is 27.9 Å². The highest BCUT2D eigenvalue weighted by Crippen LogP contribution is 2.31. The second kappa shape index (κ2) is 20.1. The first-order chi connectivity index (χ1) is 30.2. The van der Waals surface area contributed by atoms with Crippen LogP contribution in [0.25, 0.3) is 11.5 Å². The molecule has 0 radical (unpaired) electrons. The fourth-order valence-electron chi connectivity index (χ4n) is 5.98. The van der Waals surface area contributed by atoms with Crippen molar-refractivity contribution >= 4 is 34.9 Å². The van der Waals surface area contributed by atoms with Crippen molar-refractivity contribution in [1.29, 1.82) is 0 Å². The molecule has 1 heterocycles. The fraction of sp³-hybridized carbons (Fsp3) is 0.106. The number of rotatable bonds is 12. The van der Waals surface area contributed by atoms with Crippen molar-refractivity contribution in [2.24, 2.45) is 0 Å². The first-order valence-corrected chi connectivity index (χ1v) is 19.0. The van der Waals surface area contributed by atoms with E-state index in [2.05, 4.69) is 10.2 Å². The molecule has 1 N–H and O–H groups in total. The number of halogens is 6. The van der Waals surface area contributed by atoms with Crippen LogP contribution in [0, 0.1) is 0 Å². The maximum absolute atomic E-state index is 13.1. The highest BCUT2D eigenvalue weighted by Gasteiger charge is 2.39. The Labute approximate surface area is 356 Å². The lowest BCUT2D eigenvalue weighted by Gasteiger charge is -2.23. The summed E-state index contributed by atoms with van der Waals surface area (Å²) in [4.78, 5) is 52.4. The minimum absolute atomic E-state index is 0.150. The summed E-state index contributed by atoms with van der Waals surface area (Å²) in [6, 6.07) is 48.8. The molecular formula is C47H35F6N5O5. The molecule has 16 heteroatoms. The number of nitrogens with zero attached hydrogens (tertiary/aromatic N) is 4. The molecule has 0 saturated heterocycles. The quantitative estimate of drug-likeness (QED) is 0.0958. The van der Waals surface area contributed by atoms with Crippen LogP contribution in [0.5, 0.6) is 0 Å². The van der Waals surface area contributed by atoms with Gasteiger partial charge in [0, 0.05) is 33.6 Å². The SMILES string of the molecule is O=C(CNC(=O)C(F)(F)F)c1ccc(CN(C(=O)c2ccccc2)c2ccccc2)cc1.O=C(c1ccccc1)N(Cc1ccc(-c2nnc(C(F)(F)F)o2)cc1)c1ccccc1. The van der Waals surface area contributed by atoms with Crippen LogP contribution in [-0.2, 0) is 24.1 Å². The van der Waals surface area contributed by atoms with Gasteiger partial charge in [-0.3, -0.25) is 19.2 Å². The highest BCUT2D eigenvalue weighted by atomic mass is 19.4. The maximum atomic E-state index is 13.1. The molecule has 63 heavy (non-hydrogen) atoms. The number of anilines is 2. The monoisotopic (exact) mass is 863 g/mol. The van der Waals surface area contributed by atoms with Crippen LogP contribution < -0.4 is 15.1 Å². The lowest BCUT2D eigenvalue weighted by molar-refractivity contribution is -0.173. The smallest absolute Gasteiger partial charge is 0.413 e. The molecule has 0 atom stereocenters. The van der Waals surface area contributed by atoms with Crippen molar-refractivity contribution in [3.05, 3.63) is 204 Å². The van der Waals surface area contributed by atoms with Gasteiger partial charge in [-0.05, 0) is 71.8 Å². The van der Waals surface area contributed by atoms with Gasteiger partial charge in [0.2, 0.25) is 5.89 Å². The normalized spacial score (nSPS) is 11.1. The summed E-state index contributed by atoms with van der Waals surface area (Å²) in [6.45, 7) is -0.271. The Morgan fingerprint density at radius 1 is 0.508 bits per heavy atom. The van der Waals surface area contributed by atoms with Gasteiger partial charge in [0.25, 0.3) is 11.8 Å². The third-order valence-corrected chi connectivity index (χ3v) is 9.16. The van der Waals surface area contributed by atoms with Gasteiger partial charge in [-0.1, -0.05) is 109 Å². The molecule has 6 aromatic carbocycles. The first kappa shape index (κ1) is 44.7. The van der Waals surface area contributed by atoms with Crippen molar-refractivity contribution in [2.45, 2.75) is 25.4 Å². The molecule has 0 aliphatic rings. The Morgan fingerprint density at radius 3 is 1.32 bits per heavy atom. The molecule has 0 bridgehead atoms. The average Bonchev–Trinajstić information content (AvgIpc) is 3.82. The summed E-state index contributed by atoms with van der Waals surface area (Å²) in [5, 5.41) is 8.05. The summed E-state index contributed by atoms with van der Waals surface area (Å²) >= 11 is 0. The summed E-state index contributed by atoms with van der Waals surface area (Å²) in [5.74, 6) is -4.81. The Kier molecular flexibility index (Phi) is 14.3. The number of aromatic nitrogens is 2. The van der Waals surface area contributed by atoms with Crippen LogP contribution in [0.3, 0.4) is 0 Å². The minimum atomic E-state index is -5.05. The number of ketones is 1. The summed E-state index contributed by atoms with van der Waals surface area (Å²) < 4.78 is 79.5. The summed E-state index contributed by atoms with van der Waals surface area (Å²) in [5.41, 5.74) is 4.49. The third-order valence-electron chi connectivity index (χ3n) is 9.16. The van der Waals surface area contributed by atoms with Crippen LogP contribution in [0.15, 0.2) is 174 Å². The van der Waals surface area contributed by atoms with E-state index in [4.69, 9.17) is 4.42 Å². The molecule has 7 rings (SSSR count). The number of Topliss-reactive ketones (excluding diaryl/α,β-unsaturated/α-hetero) is 1. The number of alkyl halides is 6. The zero-order valence-electron chi connectivity index (χ0n) is 32.9. The van der Waals surface area contributed by atoms with Crippen LogP contribution in [0.2, 0.25) is 0 Å². The predicted octanol–water partition coefficient (Wildman–Crippen LogP) is 10.00. The summed E-state index contributed by atoms with van der Waals surface area (Å²) in [6.07, 6.45) is -9.74. The van der Waals surface area contributed by atoms with Crippen LogP contribution >= 0.6 is 0 Å². The molecule has 320 valence electrons. The minimum Gasteiger partial charge on any atom is -0.413 e. The van der Waals surface area contributed by atoms with Gasteiger partial charge in [-0.2, -0.15) is 26.3 Å². The number of carbonyl (C=O) groups is 4. The molecule has 7 aromatic rings. The largest absolute Gasteiger partial charge is 0.471 e. The van der Waals surface area contributed by atoms with Gasteiger partial charge >= 0.3 is 24.2 Å². The molecule has 10 nitrogen and oxygen atoms in total. The number of nitrogens with one attached hydrogen (secondary N) is 1. The Hall–Kier alpha value is -7.88. The van der Waals surface area contributed by atoms with Gasteiger partial charge in [-0.15, -0.1) is 10.2 Å². The van der Waals surface area contributed by atoms with Crippen LogP contribution in [0.1, 0.15) is 48.1 Å². The molecular weight excluding hydrogens is 829 g/mol. The van der Waals surface area contributed by atoms with E-state index in [0.717, 1.165) is 11.3 Å². The van der Waals surface area contributed by atoms with E-state index in [-0.39, 0.29) is 36.4 Å². The van der Waals surface area contributed by atoms with E-state index in [1.165, 1.54) is 12.1 Å². The van der Waals surface area contributed by atoms with Crippen molar-refractivity contribution in [2.75, 3.05) is 16.3 Å². The number of hydrogen-bond acceptors (Lipinski definition) is 7. The molecule has 0 aliphatic carbocycles. The lowest BCUT2D eigenvalue weighted by atomic mass is 10.1. The van der Waals surface area contributed by atoms with Crippen molar-refractivity contribution in [3.63, 3.8) is 0 Å². The van der Waals surface area contributed by atoms with E-state index in [9.17, 15) is 45.5 Å². The molecule has 0 fully saturated rings. The van der Waals surface area contributed by atoms with Crippen molar-refractivity contribution < 1.29 is 49.9 Å². The maximum Gasteiger partial charge on any atom is 0.471 e. The lowest BCUT2D eigenvalue weighted by Crippen LogP contribution is -2.39. The standard InChI is InChI=1S/C24H19F3N2O3.C23H16F3N3O2/c25-24(26,27)23(32)28-15-21(30)18-13-11-17(12-14-18)16-29(20-9-5-2-6-10-20)22(31)19-7-3-1-4-8-19;24-23(25,26)22-28-27-20(31-22)17-13-11-16(12-14-17)15-29(19-9-5-2-6-10-19)21(30)18-7-3-1-4-8-18/h1-14H,15-16H2,(H,28,32);1-14H,15H2. The average molecular weight is 864 g/mol. The molecule has 0 spiro atoms. The topological polar surface area (TPSA) is 126 Å². The molecule has 0 saturated carbocycles. The van der Waals surface area contributed by atoms with Gasteiger partial charge < -0.3 is 19.5 Å². The Balaban J connectivity index is 0.000000210.